The number of para-hydroxylation sites is 2. The van der Waals surface area contributed by atoms with Crippen LogP contribution in [0.25, 0.3) is 11.0 Å². The third-order valence-corrected chi connectivity index (χ3v) is 4.61. The minimum absolute atomic E-state index is 0.109. The van der Waals surface area contributed by atoms with Crippen molar-refractivity contribution in [1.82, 2.24) is 4.98 Å². The van der Waals surface area contributed by atoms with Crippen LogP contribution in [-0.2, 0) is 0 Å². The average Bonchev–Trinajstić information content (AvgIpc) is 3.00. The van der Waals surface area contributed by atoms with Gasteiger partial charge in [-0.3, -0.25) is 0 Å². The fraction of sp³-hybridized carbons (Fsp3) is 0.143. The lowest BCUT2D eigenvalue weighted by atomic mass is 10.2. The van der Waals surface area contributed by atoms with Crippen LogP contribution in [-0.4, -0.2) is 10.9 Å². The standard InChI is InChI=1S/C14H13N5S/c1-8-6-7-20-11(8)12-17-13(15)18-14-16-9-4-2-3-5-10(9)19(12)14/h2-7,12H,1H3,(H3,15,16,17,18)/p+1/t12-/m0/s1. The minimum Gasteiger partial charge on any atom is -0.357 e. The molecule has 0 spiro atoms. The Balaban J connectivity index is 2.01. The molecule has 20 heavy (non-hydrogen) atoms. The second kappa shape index (κ2) is 4.08. The first-order chi connectivity index (χ1) is 9.74. The lowest BCUT2D eigenvalue weighted by Gasteiger charge is -2.17. The molecule has 0 saturated heterocycles. The van der Waals surface area contributed by atoms with E-state index in [1.165, 1.54) is 10.4 Å². The Morgan fingerprint density at radius 1 is 1.30 bits per heavy atom. The molecule has 4 N–H and O–H groups in total. The van der Waals surface area contributed by atoms with E-state index in [0.717, 1.165) is 17.0 Å². The number of aryl methyl sites for hydroxylation is 1. The average molecular weight is 284 g/mol. The van der Waals surface area contributed by atoms with Crippen molar-refractivity contribution in [1.29, 1.82) is 0 Å². The highest BCUT2D eigenvalue weighted by atomic mass is 32.1. The summed E-state index contributed by atoms with van der Waals surface area (Å²) in [6.07, 6.45) is -0.109. The summed E-state index contributed by atoms with van der Waals surface area (Å²) in [5, 5.41) is 5.19. The molecule has 4 rings (SSSR count). The van der Waals surface area contributed by atoms with Crippen LogP contribution in [0.3, 0.4) is 0 Å². The van der Waals surface area contributed by atoms with Gasteiger partial charge in [0.2, 0.25) is 6.17 Å². The zero-order valence-electron chi connectivity index (χ0n) is 10.9. The second-order valence-corrected chi connectivity index (χ2v) is 5.79. The quantitative estimate of drug-likeness (QED) is 0.599. The first kappa shape index (κ1) is 11.5. The molecule has 3 heterocycles. The highest BCUT2D eigenvalue weighted by Gasteiger charge is 2.32. The fourth-order valence-electron chi connectivity index (χ4n) is 2.61. The van der Waals surface area contributed by atoms with E-state index in [-0.39, 0.29) is 6.17 Å². The Morgan fingerprint density at radius 2 is 2.15 bits per heavy atom. The molecule has 0 saturated carbocycles. The highest BCUT2D eigenvalue weighted by molar-refractivity contribution is 7.10. The number of guanidine groups is 1. The Labute approximate surface area is 119 Å². The normalized spacial score (nSPS) is 17.6. The Hall–Kier alpha value is -2.34. The molecule has 1 aliphatic heterocycles. The van der Waals surface area contributed by atoms with Crippen molar-refractivity contribution in [2.24, 2.45) is 10.7 Å². The number of thiophene rings is 1. The predicted molar refractivity (Wildman–Crippen MR) is 80.9 cm³/mol. The number of imidazole rings is 1. The zero-order chi connectivity index (χ0) is 13.7. The van der Waals surface area contributed by atoms with E-state index in [0.29, 0.717) is 5.96 Å². The molecule has 0 amide bonds. The van der Waals surface area contributed by atoms with Crippen molar-refractivity contribution < 1.29 is 4.57 Å². The van der Waals surface area contributed by atoms with Crippen molar-refractivity contribution in [3.63, 3.8) is 0 Å². The van der Waals surface area contributed by atoms with E-state index >= 15 is 0 Å². The number of nitrogens with two attached hydrogens (primary N) is 1. The van der Waals surface area contributed by atoms with Gasteiger partial charge in [0.05, 0.1) is 4.88 Å². The number of nitrogens with one attached hydrogen (secondary N) is 2. The van der Waals surface area contributed by atoms with Gasteiger partial charge in [-0.05, 0) is 36.1 Å². The molecule has 5 nitrogen and oxygen atoms in total. The number of hydrogen-bond donors (Lipinski definition) is 3. The molecule has 100 valence electrons. The van der Waals surface area contributed by atoms with E-state index in [9.17, 15) is 0 Å². The van der Waals surface area contributed by atoms with Gasteiger partial charge in [0.1, 0.15) is 11.0 Å². The fourth-order valence-corrected chi connectivity index (χ4v) is 3.56. The van der Waals surface area contributed by atoms with E-state index in [1.807, 2.05) is 12.1 Å². The summed E-state index contributed by atoms with van der Waals surface area (Å²) in [5.41, 5.74) is 9.35. The largest absolute Gasteiger partial charge is 0.365 e. The highest BCUT2D eigenvalue weighted by Crippen LogP contribution is 2.29. The van der Waals surface area contributed by atoms with Gasteiger partial charge in [0.25, 0.3) is 5.96 Å². The van der Waals surface area contributed by atoms with Crippen molar-refractivity contribution in [3.8, 4) is 0 Å². The molecule has 3 aromatic rings. The van der Waals surface area contributed by atoms with Crippen LogP contribution in [0.5, 0.6) is 0 Å². The maximum Gasteiger partial charge on any atom is 0.365 e. The van der Waals surface area contributed by atoms with Crippen molar-refractivity contribution in [2.75, 3.05) is 5.32 Å². The number of fused-ring (bicyclic) bond motifs is 3. The van der Waals surface area contributed by atoms with E-state index in [1.54, 1.807) is 11.3 Å². The molecule has 0 unspecified atom stereocenters. The van der Waals surface area contributed by atoms with Gasteiger partial charge in [-0.1, -0.05) is 12.1 Å². The van der Waals surface area contributed by atoms with Gasteiger partial charge >= 0.3 is 5.95 Å². The van der Waals surface area contributed by atoms with Crippen LogP contribution >= 0.6 is 11.3 Å². The van der Waals surface area contributed by atoms with E-state index in [4.69, 9.17) is 5.73 Å². The molecule has 0 bridgehead atoms. The van der Waals surface area contributed by atoms with Crippen molar-refractivity contribution >= 4 is 34.3 Å². The minimum atomic E-state index is -0.109. The Morgan fingerprint density at radius 3 is 2.95 bits per heavy atom. The van der Waals surface area contributed by atoms with Crippen LogP contribution < -0.4 is 15.6 Å². The molecule has 0 fully saturated rings. The number of aliphatic imine (C=N–C) groups is 1. The van der Waals surface area contributed by atoms with Crippen LogP contribution in [0.4, 0.5) is 5.95 Å². The summed E-state index contributed by atoms with van der Waals surface area (Å²) in [6.45, 7) is 2.11. The van der Waals surface area contributed by atoms with Crippen LogP contribution in [0, 0.1) is 6.92 Å². The first-order valence-corrected chi connectivity index (χ1v) is 7.28. The molecule has 0 aliphatic carbocycles. The van der Waals surface area contributed by atoms with E-state index < -0.39 is 0 Å². The number of nitrogens with zero attached hydrogens (tertiary/aromatic N) is 2. The topological polar surface area (TPSA) is 70.1 Å². The van der Waals surface area contributed by atoms with Gasteiger partial charge in [-0.2, -0.15) is 9.56 Å². The van der Waals surface area contributed by atoms with Crippen molar-refractivity contribution in [3.05, 3.63) is 46.2 Å². The van der Waals surface area contributed by atoms with Gasteiger partial charge < -0.3 is 5.73 Å². The first-order valence-electron chi connectivity index (χ1n) is 6.40. The third kappa shape index (κ3) is 1.55. The SMILES string of the molecule is Cc1ccsc1[C@H]1N=C(N)Nc2[nH]c3ccccc3[n+]21. The van der Waals surface area contributed by atoms with E-state index in [2.05, 4.69) is 50.4 Å². The number of anilines is 1. The number of aromatic nitrogens is 2. The second-order valence-electron chi connectivity index (χ2n) is 4.84. The Bertz CT molecular complexity index is 829. The summed E-state index contributed by atoms with van der Waals surface area (Å²) in [4.78, 5) is 9.15. The maximum atomic E-state index is 5.93. The third-order valence-electron chi connectivity index (χ3n) is 3.55. The lowest BCUT2D eigenvalue weighted by molar-refractivity contribution is -0.673. The summed E-state index contributed by atoms with van der Waals surface area (Å²) in [6, 6.07) is 10.3. The summed E-state index contributed by atoms with van der Waals surface area (Å²) < 4.78 is 2.16. The van der Waals surface area contributed by atoms with Gasteiger partial charge in [0, 0.05) is 0 Å². The monoisotopic (exact) mass is 284 g/mol. The number of rotatable bonds is 1. The summed E-state index contributed by atoms with van der Waals surface area (Å²) in [5.74, 6) is 1.31. The molecular weight excluding hydrogens is 270 g/mol. The maximum absolute atomic E-state index is 5.93. The molecule has 1 atom stereocenters. The summed E-state index contributed by atoms with van der Waals surface area (Å²) >= 11 is 1.71. The zero-order valence-corrected chi connectivity index (χ0v) is 11.7. The van der Waals surface area contributed by atoms with Crippen molar-refractivity contribution in [2.45, 2.75) is 13.1 Å². The lowest BCUT2D eigenvalue weighted by Crippen LogP contribution is -2.47. The Kier molecular flexibility index (Phi) is 2.34. The molecule has 1 aliphatic rings. The number of H-pyrrole nitrogens is 1. The molecule has 0 radical (unpaired) electrons. The number of hydrogen-bond acceptors (Lipinski definition) is 4. The molecule has 6 heteroatoms. The van der Waals surface area contributed by atoms with Gasteiger partial charge in [0.15, 0.2) is 0 Å². The van der Waals surface area contributed by atoms with Crippen LogP contribution in [0.2, 0.25) is 0 Å². The van der Waals surface area contributed by atoms with Gasteiger partial charge in [-0.15, -0.1) is 11.3 Å². The number of aromatic amines is 1. The predicted octanol–water partition coefficient (Wildman–Crippen LogP) is 2.11. The molecular formula is C14H14N5S+. The van der Waals surface area contributed by atoms with Gasteiger partial charge in [-0.25, -0.2) is 10.3 Å². The molecule has 1 aromatic carbocycles. The number of benzene rings is 1. The summed E-state index contributed by atoms with van der Waals surface area (Å²) in [7, 11) is 0. The smallest absolute Gasteiger partial charge is 0.357 e. The molecule has 2 aromatic heterocycles. The van der Waals surface area contributed by atoms with Crippen LogP contribution in [0.15, 0.2) is 40.7 Å². The van der Waals surface area contributed by atoms with Crippen LogP contribution in [0.1, 0.15) is 16.6 Å².